The van der Waals surface area contributed by atoms with Crippen LogP contribution in [0.5, 0.6) is 0 Å². The first-order valence-electron chi connectivity index (χ1n) is 4.16. The smallest absolute Gasteiger partial charge is 0.0790 e. The van der Waals surface area contributed by atoms with Crippen molar-refractivity contribution >= 4 is 17.3 Å². The molecule has 0 fully saturated rings. The van der Waals surface area contributed by atoms with E-state index in [9.17, 15) is 0 Å². The molecule has 0 aliphatic rings. The van der Waals surface area contributed by atoms with E-state index in [1.54, 1.807) is 29.1 Å². The van der Waals surface area contributed by atoms with Crippen molar-refractivity contribution in [1.82, 2.24) is 9.78 Å². The topological polar surface area (TPSA) is 66.6 Å². The molecule has 2 rings (SSSR count). The lowest BCUT2D eigenvalue weighted by Gasteiger charge is -2.03. The minimum atomic E-state index is 0.514. The number of aromatic nitrogens is 2. The van der Waals surface area contributed by atoms with Gasteiger partial charge in [0, 0.05) is 11.1 Å². The molecule has 15 heavy (non-hydrogen) atoms. The molecule has 2 aromatic rings. The van der Waals surface area contributed by atoms with Gasteiger partial charge in [-0.05, 0) is 11.6 Å². The molecule has 74 valence electrons. The van der Waals surface area contributed by atoms with Gasteiger partial charge in [0.05, 0.1) is 22.6 Å². The Morgan fingerprint density at radius 2 is 2.20 bits per heavy atom. The van der Waals surface area contributed by atoms with E-state index in [0.717, 1.165) is 0 Å². The molecule has 0 aliphatic carbocycles. The van der Waals surface area contributed by atoms with E-state index < -0.39 is 0 Å². The molecule has 1 aromatic carbocycles. The maximum atomic E-state index is 8.40. The summed E-state index contributed by atoms with van der Waals surface area (Å²) in [6.45, 7) is 0. The van der Waals surface area contributed by atoms with Gasteiger partial charge >= 0.3 is 0 Å². The van der Waals surface area contributed by atoms with Crippen molar-refractivity contribution in [3.63, 3.8) is 0 Å². The van der Waals surface area contributed by atoms with Crippen LogP contribution in [0.15, 0.2) is 41.8 Å². The predicted octanol–water partition coefficient (Wildman–Crippen LogP) is 3.47. The van der Waals surface area contributed by atoms with Crippen molar-refractivity contribution in [2.45, 2.75) is 0 Å². The number of azide groups is 1. The van der Waals surface area contributed by atoms with Gasteiger partial charge < -0.3 is 0 Å². The van der Waals surface area contributed by atoms with Gasteiger partial charge in [-0.1, -0.05) is 34.9 Å². The summed E-state index contributed by atoms with van der Waals surface area (Å²) < 4.78 is 1.56. The fourth-order valence-corrected chi connectivity index (χ4v) is 1.36. The third kappa shape index (κ3) is 1.93. The Kier molecular flexibility index (Phi) is 2.58. The third-order valence-corrected chi connectivity index (χ3v) is 2.03. The zero-order valence-electron chi connectivity index (χ0n) is 7.58. The SMILES string of the molecule is [N-]=[N+]=Nc1ccccc1-n1cc(Cl)cn1. The van der Waals surface area contributed by atoms with Gasteiger partial charge in [-0.15, -0.1) is 0 Å². The average Bonchev–Trinajstić information content (AvgIpc) is 2.66. The molecule has 0 N–H and O–H groups in total. The second-order valence-corrected chi connectivity index (χ2v) is 3.22. The fraction of sp³-hybridized carbons (Fsp3) is 0. The van der Waals surface area contributed by atoms with Crippen LogP contribution in [0, 0.1) is 0 Å². The van der Waals surface area contributed by atoms with Gasteiger partial charge in [0.1, 0.15) is 0 Å². The van der Waals surface area contributed by atoms with Crippen molar-refractivity contribution in [1.29, 1.82) is 0 Å². The van der Waals surface area contributed by atoms with Crippen LogP contribution >= 0.6 is 11.6 Å². The molecular weight excluding hydrogens is 214 g/mol. The molecule has 0 radical (unpaired) electrons. The fourth-order valence-electron chi connectivity index (χ4n) is 1.22. The number of hydrogen-bond acceptors (Lipinski definition) is 2. The van der Waals surface area contributed by atoms with Gasteiger partial charge in [-0.2, -0.15) is 5.10 Å². The maximum absolute atomic E-state index is 8.40. The highest BCUT2D eigenvalue weighted by Crippen LogP contribution is 2.23. The van der Waals surface area contributed by atoms with Crippen LogP contribution in [0.4, 0.5) is 5.69 Å². The Hall–Kier alpha value is -1.97. The molecule has 0 saturated carbocycles. The molecule has 0 amide bonds. The van der Waals surface area contributed by atoms with Gasteiger partial charge in [-0.3, -0.25) is 0 Å². The van der Waals surface area contributed by atoms with E-state index in [0.29, 0.717) is 16.4 Å². The monoisotopic (exact) mass is 219 g/mol. The maximum Gasteiger partial charge on any atom is 0.0790 e. The third-order valence-electron chi connectivity index (χ3n) is 1.83. The largest absolute Gasteiger partial charge is 0.239 e. The van der Waals surface area contributed by atoms with E-state index in [4.69, 9.17) is 17.1 Å². The van der Waals surface area contributed by atoms with E-state index in [-0.39, 0.29) is 0 Å². The quantitative estimate of drug-likeness (QED) is 0.433. The summed E-state index contributed by atoms with van der Waals surface area (Å²) in [6, 6.07) is 7.14. The van der Waals surface area contributed by atoms with Crippen LogP contribution < -0.4 is 0 Å². The van der Waals surface area contributed by atoms with Crippen molar-refractivity contribution < 1.29 is 0 Å². The normalized spacial score (nSPS) is 9.67. The molecule has 5 nitrogen and oxygen atoms in total. The Morgan fingerprint density at radius 1 is 1.40 bits per heavy atom. The molecule has 0 aliphatic heterocycles. The van der Waals surface area contributed by atoms with E-state index in [1.165, 1.54) is 6.20 Å². The molecular formula is C9H6ClN5. The molecule has 1 heterocycles. The summed E-state index contributed by atoms with van der Waals surface area (Å²) in [4.78, 5) is 2.75. The van der Waals surface area contributed by atoms with Crippen LogP contribution in [0.25, 0.3) is 16.1 Å². The lowest BCUT2D eigenvalue weighted by atomic mass is 10.3. The number of nitrogens with zero attached hydrogens (tertiary/aromatic N) is 5. The van der Waals surface area contributed by atoms with Crippen LogP contribution in [-0.2, 0) is 0 Å². The number of benzene rings is 1. The lowest BCUT2D eigenvalue weighted by molar-refractivity contribution is 0.880. The number of rotatable bonds is 2. The summed E-state index contributed by atoms with van der Waals surface area (Å²) in [7, 11) is 0. The summed E-state index contributed by atoms with van der Waals surface area (Å²) >= 11 is 5.75. The van der Waals surface area contributed by atoms with Crippen LogP contribution in [0.3, 0.4) is 0 Å². The zero-order chi connectivity index (χ0) is 10.7. The minimum absolute atomic E-state index is 0.514. The first kappa shape index (κ1) is 9.58. The van der Waals surface area contributed by atoms with Gasteiger partial charge in [-0.25, -0.2) is 4.68 Å². The highest BCUT2D eigenvalue weighted by atomic mass is 35.5. The summed E-state index contributed by atoms with van der Waals surface area (Å²) in [5, 5.41) is 8.13. The highest BCUT2D eigenvalue weighted by molar-refractivity contribution is 6.30. The Morgan fingerprint density at radius 3 is 2.87 bits per heavy atom. The van der Waals surface area contributed by atoms with Crippen molar-refractivity contribution in [3.05, 3.63) is 52.1 Å². The predicted molar refractivity (Wildman–Crippen MR) is 57.4 cm³/mol. The Labute approximate surface area is 90.5 Å². The number of para-hydroxylation sites is 1. The van der Waals surface area contributed by atoms with Crippen LogP contribution in [-0.4, -0.2) is 9.78 Å². The van der Waals surface area contributed by atoms with E-state index in [1.807, 2.05) is 6.07 Å². The lowest BCUT2D eigenvalue weighted by Crippen LogP contribution is -1.93. The molecule has 1 aromatic heterocycles. The average molecular weight is 220 g/mol. The Bertz CT molecular complexity index is 527. The second-order valence-electron chi connectivity index (χ2n) is 2.78. The molecule has 6 heteroatoms. The van der Waals surface area contributed by atoms with Gasteiger partial charge in [0.15, 0.2) is 0 Å². The Balaban J connectivity index is 2.56. The van der Waals surface area contributed by atoms with E-state index in [2.05, 4.69) is 15.1 Å². The molecule has 0 bridgehead atoms. The number of halogens is 1. The van der Waals surface area contributed by atoms with Crippen molar-refractivity contribution in [2.75, 3.05) is 0 Å². The molecule has 0 saturated heterocycles. The standard InChI is InChI=1S/C9H6ClN5/c10-7-5-12-15(6-7)9-4-2-1-3-8(9)13-14-11/h1-6H. The molecule has 0 spiro atoms. The molecule has 0 atom stereocenters. The van der Waals surface area contributed by atoms with Gasteiger partial charge in [0.2, 0.25) is 0 Å². The number of hydrogen-bond donors (Lipinski definition) is 0. The first-order chi connectivity index (χ1) is 7.31. The first-order valence-corrected chi connectivity index (χ1v) is 4.54. The van der Waals surface area contributed by atoms with Gasteiger partial charge in [0.25, 0.3) is 0 Å². The molecule has 0 unspecified atom stereocenters. The minimum Gasteiger partial charge on any atom is -0.239 e. The van der Waals surface area contributed by atoms with Crippen molar-refractivity contribution in [3.8, 4) is 5.69 Å². The summed E-state index contributed by atoms with van der Waals surface area (Å²) in [5.41, 5.74) is 9.61. The zero-order valence-corrected chi connectivity index (χ0v) is 8.33. The van der Waals surface area contributed by atoms with Crippen molar-refractivity contribution in [2.24, 2.45) is 5.11 Å². The highest BCUT2D eigenvalue weighted by Gasteiger charge is 2.03. The summed E-state index contributed by atoms with van der Waals surface area (Å²) in [5.74, 6) is 0. The van der Waals surface area contributed by atoms with Crippen LogP contribution in [0.2, 0.25) is 5.02 Å². The van der Waals surface area contributed by atoms with Crippen LogP contribution in [0.1, 0.15) is 0 Å². The van der Waals surface area contributed by atoms with E-state index >= 15 is 0 Å². The second kappa shape index (κ2) is 4.04. The summed E-state index contributed by atoms with van der Waals surface area (Å²) in [6.07, 6.45) is 3.17.